The molecule has 0 fully saturated rings. The maximum atomic E-state index is 11.8. The second-order valence-corrected chi connectivity index (χ2v) is 8.40. The van der Waals surface area contributed by atoms with Crippen LogP contribution in [0.4, 0.5) is 0 Å². The molecule has 0 unspecified atom stereocenters. The average molecular weight is 449 g/mol. The second-order valence-electron chi connectivity index (χ2n) is 8.02. The summed E-state index contributed by atoms with van der Waals surface area (Å²) >= 11 is 6.94. The van der Waals surface area contributed by atoms with Crippen LogP contribution in [0.25, 0.3) is 22.5 Å². The van der Waals surface area contributed by atoms with Crippen LogP contribution in [0.2, 0.25) is 5.02 Å². The molecule has 0 saturated heterocycles. The lowest BCUT2D eigenvalue weighted by atomic mass is 10.0. The summed E-state index contributed by atoms with van der Waals surface area (Å²) in [7, 11) is 1.32. The topological polar surface area (TPSA) is 57.3 Å². The largest absolute Gasteiger partial charge is 0.463 e. The Kier molecular flexibility index (Phi) is 5.94. The van der Waals surface area contributed by atoms with Crippen molar-refractivity contribution in [1.29, 1.82) is 0 Å². The number of furan rings is 1. The van der Waals surface area contributed by atoms with Gasteiger partial charge in [-0.05, 0) is 74.2 Å². The standard InChI is InChI=1S/C26H25ClN2O3/c1-15-6-8-19(12-17(15)3)24-23(27)25(20-9-7-16(2)18(4)13-20)29(28-24)14-21-10-11-22(32-21)26(30)31-5/h6-13H,14H2,1-5H3. The van der Waals surface area contributed by atoms with Crippen LogP contribution in [0, 0.1) is 27.7 Å². The third-order valence-corrected chi connectivity index (χ3v) is 6.17. The molecule has 0 aliphatic heterocycles. The summed E-state index contributed by atoms with van der Waals surface area (Å²) in [6, 6.07) is 15.8. The van der Waals surface area contributed by atoms with E-state index in [9.17, 15) is 4.79 Å². The quantitative estimate of drug-likeness (QED) is 0.325. The highest BCUT2D eigenvalue weighted by atomic mass is 35.5. The van der Waals surface area contributed by atoms with E-state index in [1.54, 1.807) is 12.1 Å². The first-order valence-electron chi connectivity index (χ1n) is 10.4. The number of carbonyl (C=O) groups is 1. The van der Waals surface area contributed by atoms with Gasteiger partial charge in [-0.25, -0.2) is 4.79 Å². The first-order chi connectivity index (χ1) is 15.3. The van der Waals surface area contributed by atoms with Gasteiger partial charge in [-0.15, -0.1) is 0 Å². The van der Waals surface area contributed by atoms with Gasteiger partial charge >= 0.3 is 5.97 Å². The van der Waals surface area contributed by atoms with Gasteiger partial charge < -0.3 is 9.15 Å². The molecule has 0 aliphatic carbocycles. The van der Waals surface area contributed by atoms with Crippen molar-refractivity contribution >= 4 is 17.6 Å². The molecule has 4 aromatic rings. The lowest BCUT2D eigenvalue weighted by Crippen LogP contribution is -2.04. The van der Waals surface area contributed by atoms with Crippen LogP contribution in [0.1, 0.15) is 38.6 Å². The Morgan fingerprint density at radius 2 is 1.56 bits per heavy atom. The molecule has 0 atom stereocenters. The average Bonchev–Trinajstić information content (AvgIpc) is 3.36. The van der Waals surface area contributed by atoms with Crippen LogP contribution in [-0.2, 0) is 11.3 Å². The maximum absolute atomic E-state index is 11.8. The minimum absolute atomic E-state index is 0.155. The molecule has 0 aliphatic rings. The molecule has 6 heteroatoms. The van der Waals surface area contributed by atoms with Crippen LogP contribution < -0.4 is 0 Å². The van der Waals surface area contributed by atoms with E-state index in [1.165, 1.54) is 29.4 Å². The minimum atomic E-state index is -0.514. The number of ether oxygens (including phenoxy) is 1. The summed E-state index contributed by atoms with van der Waals surface area (Å²) in [5, 5.41) is 5.44. The highest BCUT2D eigenvalue weighted by Crippen LogP contribution is 2.38. The van der Waals surface area contributed by atoms with Gasteiger partial charge in [0, 0.05) is 11.1 Å². The number of benzene rings is 2. The number of rotatable bonds is 5. The first-order valence-corrected chi connectivity index (χ1v) is 10.7. The molecule has 2 aromatic carbocycles. The van der Waals surface area contributed by atoms with E-state index in [1.807, 2.05) is 16.8 Å². The Hall–Kier alpha value is -3.31. The number of methoxy groups -OCH3 is 1. The third-order valence-electron chi connectivity index (χ3n) is 5.81. The van der Waals surface area contributed by atoms with Crippen molar-refractivity contribution in [3.8, 4) is 22.5 Å². The molecule has 0 N–H and O–H groups in total. The van der Waals surface area contributed by atoms with Gasteiger partial charge in [0.1, 0.15) is 11.5 Å². The number of nitrogens with zero attached hydrogens (tertiary/aromatic N) is 2. The highest BCUT2D eigenvalue weighted by Gasteiger charge is 2.21. The molecule has 0 radical (unpaired) electrons. The van der Waals surface area contributed by atoms with E-state index in [2.05, 4.69) is 52.0 Å². The highest BCUT2D eigenvalue weighted by molar-refractivity contribution is 6.35. The summed E-state index contributed by atoms with van der Waals surface area (Å²) in [5.74, 6) is 0.226. The van der Waals surface area contributed by atoms with E-state index in [0.29, 0.717) is 23.0 Å². The smallest absolute Gasteiger partial charge is 0.373 e. The van der Waals surface area contributed by atoms with E-state index in [0.717, 1.165) is 16.8 Å². The molecule has 2 aromatic heterocycles. The lowest BCUT2D eigenvalue weighted by molar-refractivity contribution is 0.0563. The molecule has 32 heavy (non-hydrogen) atoms. The predicted molar refractivity (Wildman–Crippen MR) is 126 cm³/mol. The summed E-state index contributed by atoms with van der Waals surface area (Å²) in [5.41, 5.74) is 8.21. The van der Waals surface area contributed by atoms with Crippen molar-refractivity contribution < 1.29 is 13.9 Å². The number of halogens is 1. The van der Waals surface area contributed by atoms with Crippen molar-refractivity contribution in [2.75, 3.05) is 7.11 Å². The molecular weight excluding hydrogens is 424 g/mol. The van der Waals surface area contributed by atoms with Gasteiger partial charge in [-0.3, -0.25) is 4.68 Å². The summed E-state index contributed by atoms with van der Waals surface area (Å²) < 4.78 is 12.3. The maximum Gasteiger partial charge on any atom is 0.373 e. The van der Waals surface area contributed by atoms with Gasteiger partial charge in [0.2, 0.25) is 5.76 Å². The van der Waals surface area contributed by atoms with Gasteiger partial charge in [0.05, 0.1) is 24.4 Å². The fourth-order valence-corrected chi connectivity index (χ4v) is 3.97. The van der Waals surface area contributed by atoms with Crippen molar-refractivity contribution in [2.24, 2.45) is 0 Å². The molecule has 164 valence electrons. The Morgan fingerprint density at radius 3 is 2.19 bits per heavy atom. The molecule has 0 amide bonds. The fourth-order valence-electron chi connectivity index (χ4n) is 3.61. The molecule has 4 rings (SSSR count). The summed E-state index contributed by atoms with van der Waals surface area (Å²) in [4.78, 5) is 11.8. The summed E-state index contributed by atoms with van der Waals surface area (Å²) in [6.45, 7) is 8.63. The van der Waals surface area contributed by atoms with E-state index < -0.39 is 5.97 Å². The monoisotopic (exact) mass is 448 g/mol. The van der Waals surface area contributed by atoms with Gasteiger partial charge in [0.25, 0.3) is 0 Å². The van der Waals surface area contributed by atoms with Gasteiger partial charge in [-0.1, -0.05) is 35.9 Å². The van der Waals surface area contributed by atoms with Crippen molar-refractivity contribution in [1.82, 2.24) is 9.78 Å². The van der Waals surface area contributed by atoms with Crippen LogP contribution in [0.15, 0.2) is 52.9 Å². The first kappa shape index (κ1) is 21.9. The van der Waals surface area contributed by atoms with Crippen molar-refractivity contribution in [3.63, 3.8) is 0 Å². The molecular formula is C26H25ClN2O3. The minimum Gasteiger partial charge on any atom is -0.463 e. The van der Waals surface area contributed by atoms with E-state index >= 15 is 0 Å². The molecule has 0 bridgehead atoms. The molecule has 2 heterocycles. The summed E-state index contributed by atoms with van der Waals surface area (Å²) in [6.07, 6.45) is 0. The van der Waals surface area contributed by atoms with Crippen LogP contribution in [0.3, 0.4) is 0 Å². The number of carbonyl (C=O) groups excluding carboxylic acids is 1. The van der Waals surface area contributed by atoms with Crippen molar-refractivity contribution in [2.45, 2.75) is 34.2 Å². The zero-order chi connectivity index (χ0) is 23.0. The fraction of sp³-hybridized carbons (Fsp3) is 0.231. The van der Waals surface area contributed by atoms with Crippen molar-refractivity contribution in [3.05, 3.63) is 87.3 Å². The van der Waals surface area contributed by atoms with Gasteiger partial charge in [0.15, 0.2) is 0 Å². The SMILES string of the molecule is COC(=O)c1ccc(Cn2nc(-c3ccc(C)c(C)c3)c(Cl)c2-c2ccc(C)c(C)c2)o1. The van der Waals surface area contributed by atoms with Crippen LogP contribution in [0.5, 0.6) is 0 Å². The van der Waals surface area contributed by atoms with Gasteiger partial charge in [-0.2, -0.15) is 5.10 Å². The second kappa shape index (κ2) is 8.67. The number of hydrogen-bond donors (Lipinski definition) is 0. The normalized spacial score (nSPS) is 11.1. The predicted octanol–water partition coefficient (Wildman–Crippen LogP) is 6.53. The zero-order valence-electron chi connectivity index (χ0n) is 18.8. The Labute approximate surface area is 192 Å². The third kappa shape index (κ3) is 4.08. The zero-order valence-corrected chi connectivity index (χ0v) is 19.6. The number of aromatic nitrogens is 2. The Morgan fingerprint density at radius 1 is 0.938 bits per heavy atom. The van der Waals surface area contributed by atoms with Crippen LogP contribution in [-0.4, -0.2) is 22.9 Å². The molecule has 0 saturated carbocycles. The lowest BCUT2D eigenvalue weighted by Gasteiger charge is -2.09. The molecule has 5 nitrogen and oxygen atoms in total. The Balaban J connectivity index is 1.84. The number of esters is 1. The Bertz CT molecular complexity index is 1320. The van der Waals surface area contributed by atoms with E-state index in [-0.39, 0.29) is 5.76 Å². The van der Waals surface area contributed by atoms with E-state index in [4.69, 9.17) is 25.9 Å². The van der Waals surface area contributed by atoms with Crippen LogP contribution >= 0.6 is 11.6 Å². The number of hydrogen-bond acceptors (Lipinski definition) is 4. The molecule has 0 spiro atoms. The number of aryl methyl sites for hydroxylation is 4.